The molecule has 0 saturated heterocycles. The molecule has 0 heterocycles. The first-order chi connectivity index (χ1) is 10.1. The molecule has 1 fully saturated rings. The number of carboxylic acids is 1. The molecule has 1 saturated carbocycles. The molecule has 2 rings (SSSR count). The van der Waals surface area contributed by atoms with Crippen molar-refractivity contribution in [1.82, 2.24) is 5.32 Å². The van der Waals surface area contributed by atoms with Crippen LogP contribution >= 0.6 is 11.6 Å². The molecule has 1 aliphatic carbocycles. The highest BCUT2D eigenvalue weighted by molar-refractivity contribution is 6.31. The van der Waals surface area contributed by atoms with Crippen molar-refractivity contribution in [2.75, 3.05) is 6.54 Å². The molecule has 116 valence electrons. The fourth-order valence-corrected chi connectivity index (χ4v) is 3.14. The van der Waals surface area contributed by atoms with Gasteiger partial charge in [0.05, 0.1) is 5.92 Å². The zero-order valence-electron chi connectivity index (χ0n) is 11.9. The highest BCUT2D eigenvalue weighted by Crippen LogP contribution is 2.24. The number of carboxylic acid groups (broad SMARTS) is 1. The third-order valence-electron chi connectivity index (χ3n) is 4.17. The average Bonchev–Trinajstić information content (AvgIpc) is 2.46. The second kappa shape index (κ2) is 7.76. The van der Waals surface area contributed by atoms with Crippen LogP contribution in [0.1, 0.15) is 37.7 Å². The number of benzene rings is 1. The van der Waals surface area contributed by atoms with E-state index in [1.807, 2.05) is 0 Å². The standard InChI is InChI=1S/C16H21ClFNO2/c17-14-4-1-5-15(18)13(14)3-2-10-19-12-8-6-11(7-9-12)16(20)21/h1,4-5,11-12,19H,2-3,6-10H2,(H,20,21). The Labute approximate surface area is 129 Å². The summed E-state index contributed by atoms with van der Waals surface area (Å²) in [6, 6.07) is 5.14. The highest BCUT2D eigenvalue weighted by Gasteiger charge is 2.25. The lowest BCUT2D eigenvalue weighted by molar-refractivity contribution is -0.142. The van der Waals surface area contributed by atoms with Crippen molar-refractivity contribution in [3.05, 3.63) is 34.6 Å². The largest absolute Gasteiger partial charge is 0.481 e. The second-order valence-corrected chi connectivity index (χ2v) is 6.05. The van der Waals surface area contributed by atoms with E-state index in [0.717, 1.165) is 38.6 Å². The van der Waals surface area contributed by atoms with Gasteiger partial charge in [0.15, 0.2) is 0 Å². The van der Waals surface area contributed by atoms with Gasteiger partial charge < -0.3 is 10.4 Å². The van der Waals surface area contributed by atoms with Gasteiger partial charge in [0.25, 0.3) is 0 Å². The number of rotatable bonds is 6. The molecule has 5 heteroatoms. The normalized spacial score (nSPS) is 22.2. The fraction of sp³-hybridized carbons (Fsp3) is 0.562. The quantitative estimate of drug-likeness (QED) is 0.788. The van der Waals surface area contributed by atoms with Crippen molar-refractivity contribution in [1.29, 1.82) is 0 Å². The van der Waals surface area contributed by atoms with Gasteiger partial charge in [-0.15, -0.1) is 0 Å². The Balaban J connectivity index is 1.68. The molecule has 1 aromatic rings. The number of hydrogen-bond donors (Lipinski definition) is 2. The van der Waals surface area contributed by atoms with Crippen LogP contribution in [0, 0.1) is 11.7 Å². The second-order valence-electron chi connectivity index (χ2n) is 5.64. The fourth-order valence-electron chi connectivity index (χ4n) is 2.89. The van der Waals surface area contributed by atoms with Crippen molar-refractivity contribution in [2.24, 2.45) is 5.92 Å². The first-order valence-electron chi connectivity index (χ1n) is 7.47. The van der Waals surface area contributed by atoms with Gasteiger partial charge in [0, 0.05) is 16.6 Å². The van der Waals surface area contributed by atoms with E-state index in [0.29, 0.717) is 23.0 Å². The lowest BCUT2D eigenvalue weighted by Gasteiger charge is -2.27. The Hall–Kier alpha value is -1.13. The summed E-state index contributed by atoms with van der Waals surface area (Å²) in [5, 5.41) is 12.9. The molecular formula is C16H21ClFNO2. The van der Waals surface area contributed by atoms with Crippen LogP contribution in [-0.4, -0.2) is 23.7 Å². The van der Waals surface area contributed by atoms with E-state index in [1.54, 1.807) is 12.1 Å². The Bertz CT molecular complexity index is 467. The summed E-state index contributed by atoms with van der Waals surface area (Å²) in [6.45, 7) is 0.799. The molecule has 0 unspecified atom stereocenters. The van der Waals surface area contributed by atoms with E-state index in [-0.39, 0.29) is 11.7 Å². The highest BCUT2D eigenvalue weighted by atomic mass is 35.5. The summed E-state index contributed by atoms with van der Waals surface area (Å²) < 4.78 is 13.6. The maximum absolute atomic E-state index is 13.6. The smallest absolute Gasteiger partial charge is 0.306 e. The van der Waals surface area contributed by atoms with Gasteiger partial charge in [-0.1, -0.05) is 17.7 Å². The van der Waals surface area contributed by atoms with E-state index in [1.165, 1.54) is 6.07 Å². The molecule has 1 aliphatic rings. The van der Waals surface area contributed by atoms with Crippen LogP contribution in [0.2, 0.25) is 5.02 Å². The van der Waals surface area contributed by atoms with Gasteiger partial charge in [-0.05, 0) is 57.2 Å². The summed E-state index contributed by atoms with van der Waals surface area (Å²) in [5.41, 5.74) is 0.579. The van der Waals surface area contributed by atoms with Gasteiger partial charge >= 0.3 is 5.97 Å². The number of halogens is 2. The molecule has 2 N–H and O–H groups in total. The molecule has 3 nitrogen and oxygen atoms in total. The molecule has 0 bridgehead atoms. The summed E-state index contributed by atoms with van der Waals surface area (Å²) >= 11 is 5.99. The van der Waals surface area contributed by atoms with Crippen molar-refractivity contribution < 1.29 is 14.3 Å². The minimum atomic E-state index is -0.678. The van der Waals surface area contributed by atoms with E-state index in [2.05, 4.69) is 5.32 Å². The summed E-state index contributed by atoms with van der Waals surface area (Å²) in [7, 11) is 0. The van der Waals surface area contributed by atoms with Crippen molar-refractivity contribution >= 4 is 17.6 Å². The molecule has 0 spiro atoms. The Kier molecular flexibility index (Phi) is 6.00. The Morgan fingerprint density at radius 1 is 1.33 bits per heavy atom. The summed E-state index contributed by atoms with van der Waals surface area (Å²) in [4.78, 5) is 10.9. The predicted molar refractivity (Wildman–Crippen MR) is 81.1 cm³/mol. The average molecular weight is 314 g/mol. The van der Waals surface area contributed by atoms with Crippen LogP contribution < -0.4 is 5.32 Å². The minimum absolute atomic E-state index is 0.180. The molecule has 0 aromatic heterocycles. The van der Waals surface area contributed by atoms with E-state index in [9.17, 15) is 9.18 Å². The van der Waals surface area contributed by atoms with Gasteiger partial charge in [-0.2, -0.15) is 0 Å². The maximum atomic E-state index is 13.6. The number of aliphatic carboxylic acids is 1. The number of hydrogen-bond acceptors (Lipinski definition) is 2. The topological polar surface area (TPSA) is 49.3 Å². The summed E-state index contributed by atoms with van der Waals surface area (Å²) in [6.07, 6.45) is 4.72. The third-order valence-corrected chi connectivity index (χ3v) is 4.53. The molecular weight excluding hydrogens is 293 g/mol. The van der Waals surface area contributed by atoms with Gasteiger partial charge in [-0.25, -0.2) is 4.39 Å². The first kappa shape index (κ1) is 16.2. The maximum Gasteiger partial charge on any atom is 0.306 e. The Morgan fingerprint density at radius 2 is 2.05 bits per heavy atom. The summed E-state index contributed by atoms with van der Waals surface area (Å²) in [5.74, 6) is -1.10. The van der Waals surface area contributed by atoms with Crippen molar-refractivity contribution in [3.63, 3.8) is 0 Å². The van der Waals surface area contributed by atoms with Crippen LogP contribution in [0.3, 0.4) is 0 Å². The van der Waals surface area contributed by atoms with Crippen LogP contribution in [0.4, 0.5) is 4.39 Å². The monoisotopic (exact) mass is 313 g/mol. The predicted octanol–water partition coefficient (Wildman–Crippen LogP) is 3.64. The van der Waals surface area contributed by atoms with E-state index >= 15 is 0 Å². The van der Waals surface area contributed by atoms with Crippen LogP contribution in [-0.2, 0) is 11.2 Å². The zero-order chi connectivity index (χ0) is 15.2. The number of nitrogens with one attached hydrogen (secondary N) is 1. The van der Waals surface area contributed by atoms with Crippen LogP contribution in [0.5, 0.6) is 0 Å². The molecule has 0 aliphatic heterocycles. The van der Waals surface area contributed by atoms with Gasteiger partial charge in [-0.3, -0.25) is 4.79 Å². The molecule has 1 aromatic carbocycles. The molecule has 21 heavy (non-hydrogen) atoms. The lowest BCUT2D eigenvalue weighted by atomic mass is 9.86. The lowest BCUT2D eigenvalue weighted by Crippen LogP contribution is -2.35. The van der Waals surface area contributed by atoms with Gasteiger partial charge in [0.1, 0.15) is 5.82 Å². The molecule has 0 radical (unpaired) electrons. The minimum Gasteiger partial charge on any atom is -0.481 e. The van der Waals surface area contributed by atoms with Crippen molar-refractivity contribution in [2.45, 2.75) is 44.6 Å². The van der Waals surface area contributed by atoms with Gasteiger partial charge in [0.2, 0.25) is 0 Å². The SMILES string of the molecule is O=C(O)C1CCC(NCCCc2c(F)cccc2Cl)CC1. The zero-order valence-corrected chi connectivity index (χ0v) is 12.7. The molecule has 0 amide bonds. The van der Waals surface area contributed by atoms with E-state index in [4.69, 9.17) is 16.7 Å². The van der Waals surface area contributed by atoms with Crippen LogP contribution in [0.15, 0.2) is 18.2 Å². The Morgan fingerprint density at radius 3 is 2.67 bits per heavy atom. The number of carbonyl (C=O) groups is 1. The van der Waals surface area contributed by atoms with Crippen LogP contribution in [0.25, 0.3) is 0 Å². The third kappa shape index (κ3) is 4.68. The van der Waals surface area contributed by atoms with E-state index < -0.39 is 5.97 Å². The van der Waals surface area contributed by atoms with Crippen molar-refractivity contribution in [3.8, 4) is 0 Å². The molecule has 0 atom stereocenters. The first-order valence-corrected chi connectivity index (χ1v) is 7.85.